The zero-order valence-electron chi connectivity index (χ0n) is 24.2. The maximum absolute atomic E-state index is 13.2. The molecule has 3 aliphatic heterocycles. The van der Waals surface area contributed by atoms with E-state index < -0.39 is 17.5 Å². The first kappa shape index (κ1) is 24.2. The highest BCUT2D eigenvalue weighted by atomic mass is 16.8. The van der Waals surface area contributed by atoms with E-state index in [0.29, 0.717) is 5.92 Å². The molecule has 9 rings (SSSR count). The Kier molecular flexibility index (Phi) is 4.21. The topological polar surface area (TPSA) is 76.2 Å². The van der Waals surface area contributed by atoms with E-state index in [1.807, 2.05) is 0 Å². The van der Waals surface area contributed by atoms with E-state index in [4.69, 9.17) is 18.9 Å². The summed E-state index contributed by atoms with van der Waals surface area (Å²) in [6, 6.07) is 8.76. The van der Waals surface area contributed by atoms with Gasteiger partial charge in [0.15, 0.2) is 6.29 Å². The monoisotopic (exact) mass is 533 g/mol. The largest absolute Gasteiger partial charge is 0.389 e. The molecule has 1 spiro atoms. The number of rotatable bonds is 1. The maximum atomic E-state index is 13.2. The Morgan fingerprint density at radius 3 is 2.41 bits per heavy atom. The normalized spacial score (nSPS) is 53.6. The number of nitrogens with one attached hydrogen (secondary N) is 1. The van der Waals surface area contributed by atoms with Gasteiger partial charge in [0.1, 0.15) is 12.2 Å². The van der Waals surface area contributed by atoms with Crippen LogP contribution in [0.5, 0.6) is 0 Å². The number of H-pyrrole nitrogens is 1. The van der Waals surface area contributed by atoms with Gasteiger partial charge in [0, 0.05) is 32.8 Å². The highest BCUT2D eigenvalue weighted by molar-refractivity contribution is 5.86. The van der Waals surface area contributed by atoms with Crippen LogP contribution < -0.4 is 0 Å². The van der Waals surface area contributed by atoms with Gasteiger partial charge in [-0.1, -0.05) is 32.0 Å². The van der Waals surface area contributed by atoms with Crippen LogP contribution in [0.3, 0.4) is 0 Å². The molecule has 0 amide bonds. The minimum absolute atomic E-state index is 0.0437. The summed E-state index contributed by atoms with van der Waals surface area (Å²) >= 11 is 0. The Morgan fingerprint density at radius 1 is 0.897 bits per heavy atom. The lowest BCUT2D eigenvalue weighted by molar-refractivity contribution is -0.372. The molecule has 3 saturated heterocycles. The molecule has 4 heterocycles. The van der Waals surface area contributed by atoms with Gasteiger partial charge < -0.3 is 29.0 Å². The highest BCUT2D eigenvalue weighted by Crippen LogP contribution is 2.81. The van der Waals surface area contributed by atoms with Crippen molar-refractivity contribution in [2.24, 2.45) is 22.7 Å². The van der Waals surface area contributed by atoms with Gasteiger partial charge in [-0.2, -0.15) is 0 Å². The number of benzene rings is 1. The Labute approximate surface area is 231 Å². The number of epoxide rings is 1. The number of hydrogen-bond acceptors (Lipinski definition) is 5. The summed E-state index contributed by atoms with van der Waals surface area (Å²) in [6.45, 7) is 13.4. The number of aromatic amines is 1. The van der Waals surface area contributed by atoms with Gasteiger partial charge in [0.25, 0.3) is 0 Å². The van der Waals surface area contributed by atoms with Crippen LogP contribution in [0.25, 0.3) is 10.9 Å². The van der Waals surface area contributed by atoms with E-state index in [-0.39, 0.29) is 52.2 Å². The second-order valence-corrected chi connectivity index (χ2v) is 15.6. The first-order valence-corrected chi connectivity index (χ1v) is 15.4. The molecular formula is C33H43NO5. The van der Waals surface area contributed by atoms with Crippen molar-refractivity contribution in [1.82, 2.24) is 4.98 Å². The molecule has 2 N–H and O–H groups in total. The van der Waals surface area contributed by atoms with E-state index in [9.17, 15) is 5.11 Å². The van der Waals surface area contributed by atoms with Crippen molar-refractivity contribution in [1.29, 1.82) is 0 Å². The Hall–Kier alpha value is -1.44. The summed E-state index contributed by atoms with van der Waals surface area (Å²) < 4.78 is 26.2. The van der Waals surface area contributed by atoms with Crippen LogP contribution in [-0.4, -0.2) is 57.6 Å². The first-order chi connectivity index (χ1) is 18.4. The van der Waals surface area contributed by atoms with Gasteiger partial charge in [0.2, 0.25) is 0 Å². The Morgan fingerprint density at radius 2 is 1.64 bits per heavy atom. The van der Waals surface area contributed by atoms with Crippen LogP contribution >= 0.6 is 0 Å². The van der Waals surface area contributed by atoms with Crippen LogP contribution in [0.2, 0.25) is 0 Å². The zero-order chi connectivity index (χ0) is 27.0. The number of para-hydroxylation sites is 1. The molecule has 1 unspecified atom stereocenters. The van der Waals surface area contributed by atoms with Crippen LogP contribution in [0.15, 0.2) is 24.3 Å². The van der Waals surface area contributed by atoms with Gasteiger partial charge in [-0.15, -0.1) is 0 Å². The smallest absolute Gasteiger partial charge is 0.187 e. The molecule has 6 heteroatoms. The molecule has 210 valence electrons. The van der Waals surface area contributed by atoms with Crippen molar-refractivity contribution in [3.05, 3.63) is 35.5 Å². The van der Waals surface area contributed by atoms with Crippen LogP contribution in [0.1, 0.15) is 84.9 Å². The predicted octanol–water partition coefficient (Wildman–Crippen LogP) is 5.39. The van der Waals surface area contributed by atoms with Gasteiger partial charge in [-0.05, 0) is 89.7 Å². The van der Waals surface area contributed by atoms with Crippen molar-refractivity contribution in [2.45, 2.75) is 133 Å². The standard InChI is InChI=1S/C33H43NO5/c1-28(2)25-23(37-27(39-28)26-29(3,4)38-26)20-16-32(20)22(36-25)12-13-30(5)31(6)17(11-14-33(30,32)35)15-19-18-9-7-8-10-21(18)34-24(19)31/h7-10,17,20,22-23,25-27,34-35H,11-16H2,1-6H3/t17-,20+,22-,23-,25-,26?,27-,30+,31+,32-,33-/m0/s1. The van der Waals surface area contributed by atoms with Crippen molar-refractivity contribution in [3.8, 4) is 0 Å². The average Bonchev–Trinajstić information content (AvgIpc) is 3.71. The lowest BCUT2D eigenvalue weighted by Crippen LogP contribution is -2.74. The third kappa shape index (κ3) is 2.52. The number of ether oxygens (including phenoxy) is 4. The first-order valence-electron chi connectivity index (χ1n) is 15.4. The molecular weight excluding hydrogens is 490 g/mol. The lowest BCUT2D eigenvalue weighted by Gasteiger charge is -2.68. The fourth-order valence-electron chi connectivity index (χ4n) is 11.2. The molecule has 11 atom stereocenters. The molecule has 0 bridgehead atoms. The molecule has 2 aromatic rings. The molecule has 1 aromatic carbocycles. The number of aliphatic hydroxyl groups is 1. The zero-order valence-corrected chi connectivity index (χ0v) is 24.2. The third-order valence-corrected chi connectivity index (χ3v) is 13.5. The van der Waals surface area contributed by atoms with E-state index in [0.717, 1.165) is 38.5 Å². The van der Waals surface area contributed by atoms with E-state index in [1.165, 1.54) is 22.2 Å². The van der Waals surface area contributed by atoms with Gasteiger partial charge >= 0.3 is 0 Å². The minimum atomic E-state index is -0.806. The molecule has 39 heavy (non-hydrogen) atoms. The quantitative estimate of drug-likeness (QED) is 0.481. The van der Waals surface area contributed by atoms with Crippen molar-refractivity contribution < 1.29 is 24.1 Å². The number of hydrogen-bond donors (Lipinski definition) is 2. The van der Waals surface area contributed by atoms with Gasteiger partial charge in [0.05, 0.1) is 29.0 Å². The molecule has 6 nitrogen and oxygen atoms in total. The van der Waals surface area contributed by atoms with Gasteiger partial charge in [-0.3, -0.25) is 0 Å². The van der Waals surface area contributed by atoms with Crippen molar-refractivity contribution in [2.75, 3.05) is 0 Å². The second kappa shape index (κ2) is 6.78. The molecule has 6 fully saturated rings. The summed E-state index contributed by atoms with van der Waals surface area (Å²) in [5, 5.41) is 14.6. The summed E-state index contributed by atoms with van der Waals surface area (Å²) in [5.41, 5.74) is 1.98. The minimum Gasteiger partial charge on any atom is -0.389 e. The summed E-state index contributed by atoms with van der Waals surface area (Å²) in [6.07, 6.45) is 5.31. The molecule has 3 saturated carbocycles. The summed E-state index contributed by atoms with van der Waals surface area (Å²) in [7, 11) is 0. The second-order valence-electron chi connectivity index (χ2n) is 15.6. The summed E-state index contributed by atoms with van der Waals surface area (Å²) in [5.74, 6) is 0.829. The Bertz CT molecular complexity index is 1410. The third-order valence-electron chi connectivity index (χ3n) is 13.5. The van der Waals surface area contributed by atoms with E-state index >= 15 is 0 Å². The maximum Gasteiger partial charge on any atom is 0.187 e. The highest BCUT2D eigenvalue weighted by Gasteiger charge is 2.85. The number of fused-ring (bicyclic) bond motifs is 9. The van der Waals surface area contributed by atoms with E-state index in [2.05, 4.69) is 70.8 Å². The molecule has 0 radical (unpaired) electrons. The van der Waals surface area contributed by atoms with Crippen LogP contribution in [-0.2, 0) is 30.8 Å². The predicted molar refractivity (Wildman–Crippen MR) is 146 cm³/mol. The number of aromatic nitrogens is 1. The molecule has 1 aromatic heterocycles. The average molecular weight is 534 g/mol. The fourth-order valence-corrected chi connectivity index (χ4v) is 11.2. The van der Waals surface area contributed by atoms with Gasteiger partial charge in [-0.25, -0.2) is 0 Å². The fraction of sp³-hybridized carbons (Fsp3) is 0.758. The van der Waals surface area contributed by atoms with Crippen molar-refractivity contribution in [3.63, 3.8) is 0 Å². The lowest BCUT2D eigenvalue weighted by atomic mass is 9.40. The Balaban J connectivity index is 1.13. The van der Waals surface area contributed by atoms with Crippen LogP contribution in [0.4, 0.5) is 0 Å². The SMILES string of the molecule is CC1(C)OC1[C@H]1O[C@H]2[C@H]3C[C@@]34[C@H](CC[C@@]3(C)[C@@]4(O)CC[C@H]4Cc5c([nH]c6ccccc56)[C@@]43C)O[C@@H]2C(C)(C)O1. The van der Waals surface area contributed by atoms with E-state index in [1.54, 1.807) is 0 Å². The molecule has 7 aliphatic rings. The van der Waals surface area contributed by atoms with Crippen LogP contribution in [0, 0.1) is 22.7 Å². The van der Waals surface area contributed by atoms with Crippen molar-refractivity contribution >= 4 is 10.9 Å². The molecule has 4 aliphatic carbocycles. The summed E-state index contributed by atoms with van der Waals surface area (Å²) in [4.78, 5) is 3.88.